The number of rotatable bonds is 16. The molecular weight excluding hydrogens is 386 g/mol. The summed E-state index contributed by atoms with van der Waals surface area (Å²) in [6.45, 7) is 13.1. The molecule has 0 aromatic rings. The quantitative estimate of drug-likeness (QED) is 0.255. The highest BCUT2D eigenvalue weighted by atomic mass is 16.6. The smallest absolute Gasteiger partial charge is 0.311 e. The van der Waals surface area contributed by atoms with Crippen LogP contribution >= 0.6 is 0 Å². The van der Waals surface area contributed by atoms with E-state index in [9.17, 15) is 14.5 Å². The largest absolute Gasteiger partial charge is 0.459 e. The van der Waals surface area contributed by atoms with E-state index in [0.717, 1.165) is 12.8 Å². The van der Waals surface area contributed by atoms with Crippen LogP contribution in [0.2, 0.25) is 0 Å². The molecule has 7 atom stereocenters. The standard InChI is InChI=1S/C23H43NO6/c1-10-15(4)18(25)13-14-23(7,24-27)20(12-3)30-22(26)17(6)21(29-9)16(5)19(11-2)28-8/h15-17,19-21H,10-14H2,1-9H3/t15-,16?,17?,19+,20?,21?,23+/m1/s1. The molecule has 0 aromatic carbocycles. The summed E-state index contributed by atoms with van der Waals surface area (Å²) < 4.78 is 16.9. The van der Waals surface area contributed by atoms with Gasteiger partial charge in [-0.3, -0.25) is 9.59 Å². The Morgan fingerprint density at radius 1 is 0.967 bits per heavy atom. The van der Waals surface area contributed by atoms with Crippen LogP contribution in [0.25, 0.3) is 0 Å². The Kier molecular flexibility index (Phi) is 13.2. The zero-order chi connectivity index (χ0) is 23.5. The molecule has 0 N–H and O–H groups in total. The summed E-state index contributed by atoms with van der Waals surface area (Å²) in [5.41, 5.74) is -1.15. The first-order valence-electron chi connectivity index (χ1n) is 11.2. The van der Waals surface area contributed by atoms with Crippen LogP contribution in [-0.2, 0) is 23.8 Å². The second kappa shape index (κ2) is 13.9. The van der Waals surface area contributed by atoms with E-state index < -0.39 is 23.5 Å². The maximum Gasteiger partial charge on any atom is 0.311 e. The SMILES string of the molecule is CCC(OC(=O)C(C)C(OC)C(C)[C@H](CC)OC)[C@](C)(CCC(=O)[C@H](C)CC)N=O. The van der Waals surface area contributed by atoms with E-state index in [0.29, 0.717) is 6.42 Å². The highest BCUT2D eigenvalue weighted by molar-refractivity contribution is 5.80. The number of hydrogen-bond donors (Lipinski definition) is 0. The molecule has 0 saturated carbocycles. The molecule has 0 radical (unpaired) electrons. The van der Waals surface area contributed by atoms with Crippen molar-refractivity contribution >= 4 is 11.8 Å². The van der Waals surface area contributed by atoms with Gasteiger partial charge in [-0.1, -0.05) is 39.8 Å². The van der Waals surface area contributed by atoms with Crippen LogP contribution in [0.1, 0.15) is 80.6 Å². The summed E-state index contributed by atoms with van der Waals surface area (Å²) >= 11 is 0. The number of Topliss-reactive ketones (excluding diaryl/α,β-unsaturated/α-hetero) is 1. The lowest BCUT2D eigenvalue weighted by Crippen LogP contribution is -2.45. The first-order valence-corrected chi connectivity index (χ1v) is 11.2. The minimum Gasteiger partial charge on any atom is -0.459 e. The Morgan fingerprint density at radius 3 is 1.97 bits per heavy atom. The lowest BCUT2D eigenvalue weighted by Gasteiger charge is -2.34. The summed E-state index contributed by atoms with van der Waals surface area (Å²) in [6.07, 6.45) is 1.35. The molecular formula is C23H43NO6. The van der Waals surface area contributed by atoms with Gasteiger partial charge < -0.3 is 14.2 Å². The van der Waals surface area contributed by atoms with Crippen molar-refractivity contribution < 1.29 is 23.8 Å². The predicted octanol–water partition coefficient (Wildman–Crippen LogP) is 4.94. The van der Waals surface area contributed by atoms with Gasteiger partial charge in [-0.05, 0) is 39.5 Å². The number of nitroso groups, excluding NO2 is 1. The first-order chi connectivity index (χ1) is 14.1. The van der Waals surface area contributed by atoms with Gasteiger partial charge in [0, 0.05) is 32.5 Å². The third-order valence-corrected chi connectivity index (χ3v) is 6.52. The van der Waals surface area contributed by atoms with Crippen molar-refractivity contribution in [3.05, 3.63) is 4.91 Å². The van der Waals surface area contributed by atoms with Gasteiger partial charge in [0.05, 0.1) is 18.1 Å². The molecule has 7 heteroatoms. The van der Waals surface area contributed by atoms with Gasteiger partial charge in [0.25, 0.3) is 0 Å². The second-order valence-corrected chi connectivity index (χ2v) is 8.59. The van der Waals surface area contributed by atoms with E-state index in [4.69, 9.17) is 14.2 Å². The van der Waals surface area contributed by atoms with Crippen molar-refractivity contribution in [3.63, 3.8) is 0 Å². The average Bonchev–Trinajstić information content (AvgIpc) is 2.75. The molecule has 0 amide bonds. The minimum atomic E-state index is -1.15. The fourth-order valence-corrected chi connectivity index (χ4v) is 3.99. The van der Waals surface area contributed by atoms with E-state index in [1.54, 1.807) is 28.1 Å². The van der Waals surface area contributed by atoms with Gasteiger partial charge >= 0.3 is 5.97 Å². The van der Waals surface area contributed by atoms with Crippen LogP contribution in [0, 0.1) is 22.7 Å². The number of carbonyl (C=O) groups excluding carboxylic acids is 2. The van der Waals surface area contributed by atoms with Crippen LogP contribution < -0.4 is 0 Å². The normalized spacial score (nSPS) is 19.6. The fourth-order valence-electron chi connectivity index (χ4n) is 3.99. The number of ketones is 1. The van der Waals surface area contributed by atoms with Crippen LogP contribution in [0.4, 0.5) is 0 Å². The highest BCUT2D eigenvalue weighted by Gasteiger charge is 2.41. The Bertz CT molecular complexity index is 536. The lowest BCUT2D eigenvalue weighted by molar-refractivity contribution is -0.165. The van der Waals surface area contributed by atoms with Gasteiger partial charge in [-0.15, -0.1) is 0 Å². The monoisotopic (exact) mass is 429 g/mol. The van der Waals surface area contributed by atoms with Crippen LogP contribution in [0.3, 0.4) is 0 Å². The van der Waals surface area contributed by atoms with Gasteiger partial charge in [-0.2, -0.15) is 4.91 Å². The number of ether oxygens (including phenoxy) is 3. The minimum absolute atomic E-state index is 0.0173. The van der Waals surface area contributed by atoms with E-state index in [1.807, 2.05) is 34.6 Å². The Balaban J connectivity index is 5.31. The molecule has 0 saturated heterocycles. The maximum atomic E-state index is 12.9. The number of carbonyl (C=O) groups is 2. The van der Waals surface area contributed by atoms with Gasteiger partial charge in [0.2, 0.25) is 0 Å². The summed E-state index contributed by atoms with van der Waals surface area (Å²) in [7, 11) is 3.22. The van der Waals surface area contributed by atoms with Gasteiger partial charge in [0.15, 0.2) is 0 Å². The van der Waals surface area contributed by atoms with Crippen LogP contribution in [0.15, 0.2) is 5.18 Å². The van der Waals surface area contributed by atoms with Gasteiger partial charge in [-0.25, -0.2) is 0 Å². The Hall–Kier alpha value is -1.34. The predicted molar refractivity (Wildman–Crippen MR) is 118 cm³/mol. The molecule has 0 aliphatic carbocycles. The fraction of sp³-hybridized carbons (Fsp3) is 0.913. The molecule has 0 heterocycles. The van der Waals surface area contributed by atoms with E-state index in [2.05, 4.69) is 5.18 Å². The average molecular weight is 430 g/mol. The molecule has 0 aromatic heterocycles. The third kappa shape index (κ3) is 7.73. The van der Waals surface area contributed by atoms with Crippen LogP contribution in [0.5, 0.6) is 0 Å². The number of hydrogen-bond acceptors (Lipinski definition) is 7. The maximum absolute atomic E-state index is 12.9. The number of nitrogens with zero attached hydrogens (tertiary/aromatic N) is 1. The lowest BCUT2D eigenvalue weighted by atomic mass is 9.85. The topological polar surface area (TPSA) is 91.3 Å². The zero-order valence-electron chi connectivity index (χ0n) is 20.4. The first kappa shape index (κ1) is 28.7. The van der Waals surface area contributed by atoms with Crippen molar-refractivity contribution in [3.8, 4) is 0 Å². The zero-order valence-corrected chi connectivity index (χ0v) is 20.4. The van der Waals surface area contributed by atoms with E-state index in [1.165, 1.54) is 0 Å². The molecule has 0 fully saturated rings. The van der Waals surface area contributed by atoms with Crippen molar-refractivity contribution in [1.29, 1.82) is 0 Å². The third-order valence-electron chi connectivity index (χ3n) is 6.52. The molecule has 0 aliphatic heterocycles. The summed E-state index contributed by atoms with van der Waals surface area (Å²) in [5.74, 6) is -0.952. The second-order valence-electron chi connectivity index (χ2n) is 8.59. The molecule has 0 rings (SSSR count). The molecule has 30 heavy (non-hydrogen) atoms. The molecule has 0 spiro atoms. The van der Waals surface area contributed by atoms with Crippen molar-refractivity contribution in [2.45, 2.75) is 104 Å². The summed E-state index contributed by atoms with van der Waals surface area (Å²) in [6, 6.07) is 0. The molecule has 0 aliphatic rings. The highest BCUT2D eigenvalue weighted by Crippen LogP contribution is 2.30. The van der Waals surface area contributed by atoms with Crippen molar-refractivity contribution in [2.75, 3.05) is 14.2 Å². The van der Waals surface area contributed by atoms with E-state index in [-0.39, 0.29) is 42.7 Å². The number of methoxy groups -OCH3 is 2. The summed E-state index contributed by atoms with van der Waals surface area (Å²) in [4.78, 5) is 36.8. The van der Waals surface area contributed by atoms with Gasteiger partial charge in [0.1, 0.15) is 17.4 Å². The van der Waals surface area contributed by atoms with Crippen molar-refractivity contribution in [1.82, 2.24) is 0 Å². The Morgan fingerprint density at radius 2 is 1.57 bits per heavy atom. The molecule has 4 unspecified atom stereocenters. The molecule has 0 bridgehead atoms. The Labute approximate surface area is 182 Å². The van der Waals surface area contributed by atoms with Crippen molar-refractivity contribution in [2.24, 2.45) is 22.9 Å². The summed E-state index contributed by atoms with van der Waals surface area (Å²) in [5, 5.41) is 3.28. The number of esters is 1. The van der Waals surface area contributed by atoms with E-state index >= 15 is 0 Å². The van der Waals surface area contributed by atoms with Crippen LogP contribution in [-0.4, -0.2) is 49.8 Å². The molecule has 7 nitrogen and oxygen atoms in total. The molecule has 176 valence electrons.